The Bertz CT molecular complexity index is 642. The van der Waals surface area contributed by atoms with Gasteiger partial charge >= 0.3 is 6.09 Å². The van der Waals surface area contributed by atoms with E-state index >= 15 is 0 Å². The summed E-state index contributed by atoms with van der Waals surface area (Å²) in [6.07, 6.45) is 6.95. The fourth-order valence-corrected chi connectivity index (χ4v) is 3.83. The average Bonchev–Trinajstić information content (AvgIpc) is 2.72. The van der Waals surface area contributed by atoms with Gasteiger partial charge in [0.1, 0.15) is 18.9 Å². The van der Waals surface area contributed by atoms with Crippen LogP contribution in [-0.2, 0) is 20.9 Å². The van der Waals surface area contributed by atoms with Crippen LogP contribution in [0.1, 0.15) is 64.4 Å². The molecular weight excluding hydrogens is 368 g/mol. The lowest BCUT2D eigenvalue weighted by atomic mass is 9.84. The van der Waals surface area contributed by atoms with Crippen LogP contribution in [0.2, 0.25) is 0 Å². The van der Waals surface area contributed by atoms with Crippen molar-refractivity contribution in [2.45, 2.75) is 77.5 Å². The zero-order valence-electron chi connectivity index (χ0n) is 17.6. The van der Waals surface area contributed by atoms with Crippen LogP contribution in [0.5, 0.6) is 0 Å². The second-order valence-corrected chi connectivity index (χ2v) is 8.38. The van der Waals surface area contributed by atoms with Crippen molar-refractivity contribution in [3.63, 3.8) is 0 Å². The highest BCUT2D eigenvalue weighted by Gasteiger charge is 2.28. The summed E-state index contributed by atoms with van der Waals surface area (Å²) in [4.78, 5) is 36.5. The predicted molar refractivity (Wildman–Crippen MR) is 112 cm³/mol. The van der Waals surface area contributed by atoms with E-state index in [9.17, 15) is 14.4 Å². The van der Waals surface area contributed by atoms with Crippen molar-refractivity contribution in [2.75, 3.05) is 0 Å². The zero-order chi connectivity index (χ0) is 21.1. The quantitative estimate of drug-likeness (QED) is 0.580. The molecule has 2 N–H and O–H groups in total. The molecule has 0 spiro atoms. The molecule has 1 fully saturated rings. The second-order valence-electron chi connectivity index (χ2n) is 8.38. The van der Waals surface area contributed by atoms with E-state index in [2.05, 4.69) is 10.6 Å². The number of ether oxygens (including phenoxy) is 1. The van der Waals surface area contributed by atoms with Gasteiger partial charge in [0.15, 0.2) is 0 Å². The zero-order valence-corrected chi connectivity index (χ0v) is 17.6. The van der Waals surface area contributed by atoms with Crippen LogP contribution in [0.3, 0.4) is 0 Å². The molecule has 6 heteroatoms. The standard InChI is InChI=1S/C23H34N2O4/c1-17(2)13-20(15-26)24-22(27)21(14-18-9-5-3-6-10-18)25-23(28)29-16-19-11-7-4-8-12-19/h4,7-8,11-12,15,17-18,20-21H,3,5-6,9-10,13-14,16H2,1-2H3,(H,24,27)(H,25,28)/t20-,21-/m0/s1. The number of aldehydes is 1. The molecule has 0 heterocycles. The number of hydrogen-bond acceptors (Lipinski definition) is 4. The molecule has 0 radical (unpaired) electrons. The van der Waals surface area contributed by atoms with E-state index in [0.717, 1.165) is 37.5 Å². The number of benzene rings is 1. The molecule has 2 atom stereocenters. The molecule has 0 aromatic heterocycles. The Balaban J connectivity index is 1.95. The van der Waals surface area contributed by atoms with Gasteiger partial charge < -0.3 is 20.2 Å². The van der Waals surface area contributed by atoms with Crippen LogP contribution < -0.4 is 10.6 Å². The number of carbonyl (C=O) groups excluding carboxylic acids is 3. The van der Waals surface area contributed by atoms with Crippen molar-refractivity contribution in [1.82, 2.24) is 10.6 Å². The molecule has 160 valence electrons. The Morgan fingerprint density at radius 3 is 2.41 bits per heavy atom. The maximum absolute atomic E-state index is 12.8. The van der Waals surface area contributed by atoms with Gasteiger partial charge in [-0.2, -0.15) is 0 Å². The number of alkyl carbamates (subject to hydrolysis) is 1. The van der Waals surface area contributed by atoms with Gasteiger partial charge in [0.2, 0.25) is 5.91 Å². The van der Waals surface area contributed by atoms with Crippen molar-refractivity contribution < 1.29 is 19.1 Å². The first-order chi connectivity index (χ1) is 14.0. The third kappa shape index (κ3) is 8.67. The summed E-state index contributed by atoms with van der Waals surface area (Å²) in [5.41, 5.74) is 0.883. The molecule has 2 amide bonds. The smallest absolute Gasteiger partial charge is 0.408 e. The van der Waals surface area contributed by atoms with E-state index in [1.165, 1.54) is 6.42 Å². The van der Waals surface area contributed by atoms with Crippen molar-refractivity contribution in [3.8, 4) is 0 Å². The molecular formula is C23H34N2O4. The monoisotopic (exact) mass is 402 g/mol. The molecule has 0 aliphatic heterocycles. The first-order valence-corrected chi connectivity index (χ1v) is 10.7. The van der Waals surface area contributed by atoms with Gasteiger partial charge in [-0.3, -0.25) is 4.79 Å². The van der Waals surface area contributed by atoms with Crippen LogP contribution in [0, 0.1) is 11.8 Å². The number of carbonyl (C=O) groups is 3. The van der Waals surface area contributed by atoms with Crippen molar-refractivity contribution >= 4 is 18.3 Å². The Morgan fingerprint density at radius 2 is 1.79 bits per heavy atom. The Morgan fingerprint density at radius 1 is 1.10 bits per heavy atom. The van der Waals surface area contributed by atoms with Crippen molar-refractivity contribution in [3.05, 3.63) is 35.9 Å². The highest BCUT2D eigenvalue weighted by atomic mass is 16.5. The minimum absolute atomic E-state index is 0.148. The summed E-state index contributed by atoms with van der Waals surface area (Å²) >= 11 is 0. The Hall–Kier alpha value is -2.37. The molecule has 1 aromatic carbocycles. The maximum Gasteiger partial charge on any atom is 0.408 e. The van der Waals surface area contributed by atoms with Gasteiger partial charge in [-0.15, -0.1) is 0 Å². The lowest BCUT2D eigenvalue weighted by Gasteiger charge is -2.27. The SMILES string of the molecule is CC(C)C[C@@H](C=O)NC(=O)[C@H](CC1CCCCC1)NC(=O)OCc1ccccc1. The molecule has 0 bridgehead atoms. The highest BCUT2D eigenvalue weighted by molar-refractivity contribution is 5.87. The summed E-state index contributed by atoms with van der Waals surface area (Å²) in [6, 6.07) is 8.16. The normalized spacial score (nSPS) is 16.7. The van der Waals surface area contributed by atoms with Gasteiger partial charge in [0.25, 0.3) is 0 Å². The predicted octanol–water partition coefficient (Wildman–Crippen LogP) is 3.98. The lowest BCUT2D eigenvalue weighted by Crippen LogP contribution is -2.51. The molecule has 29 heavy (non-hydrogen) atoms. The van der Waals surface area contributed by atoms with E-state index in [-0.39, 0.29) is 18.4 Å². The largest absolute Gasteiger partial charge is 0.445 e. The number of hydrogen-bond donors (Lipinski definition) is 2. The van der Waals surface area contributed by atoms with Gasteiger partial charge in [0, 0.05) is 0 Å². The fourth-order valence-electron chi connectivity index (χ4n) is 3.83. The summed E-state index contributed by atoms with van der Waals surface area (Å²) in [5, 5.41) is 5.52. The molecule has 6 nitrogen and oxygen atoms in total. The van der Waals surface area contributed by atoms with Crippen LogP contribution >= 0.6 is 0 Å². The number of nitrogens with one attached hydrogen (secondary N) is 2. The summed E-state index contributed by atoms with van der Waals surface area (Å²) in [7, 11) is 0. The molecule has 1 aliphatic carbocycles. The first-order valence-electron chi connectivity index (χ1n) is 10.7. The second kappa shape index (κ2) is 12.2. The minimum atomic E-state index is -0.698. The van der Waals surface area contributed by atoms with E-state index < -0.39 is 18.2 Å². The third-order valence-corrected chi connectivity index (χ3v) is 5.33. The molecule has 0 saturated heterocycles. The van der Waals surface area contributed by atoms with Gasteiger partial charge in [-0.25, -0.2) is 4.79 Å². The van der Waals surface area contributed by atoms with Crippen LogP contribution in [-0.4, -0.2) is 30.4 Å². The van der Waals surface area contributed by atoms with E-state index in [1.54, 1.807) is 0 Å². The lowest BCUT2D eigenvalue weighted by molar-refractivity contribution is -0.126. The van der Waals surface area contributed by atoms with Crippen molar-refractivity contribution in [1.29, 1.82) is 0 Å². The maximum atomic E-state index is 12.8. The van der Waals surface area contributed by atoms with Gasteiger partial charge in [-0.1, -0.05) is 76.3 Å². The highest BCUT2D eigenvalue weighted by Crippen LogP contribution is 2.27. The van der Waals surface area contributed by atoms with Crippen LogP contribution in [0.15, 0.2) is 30.3 Å². The van der Waals surface area contributed by atoms with Gasteiger partial charge in [-0.05, 0) is 30.2 Å². The topological polar surface area (TPSA) is 84.5 Å². The van der Waals surface area contributed by atoms with Gasteiger partial charge in [0.05, 0.1) is 6.04 Å². The summed E-state index contributed by atoms with van der Waals surface area (Å²) < 4.78 is 5.29. The molecule has 1 aromatic rings. The first kappa shape index (κ1) is 22.9. The summed E-state index contributed by atoms with van der Waals surface area (Å²) in [5.74, 6) is 0.366. The third-order valence-electron chi connectivity index (χ3n) is 5.33. The Labute approximate surface area is 173 Å². The fraction of sp³-hybridized carbons (Fsp3) is 0.609. The van der Waals surface area contributed by atoms with Crippen molar-refractivity contribution in [2.24, 2.45) is 11.8 Å². The average molecular weight is 403 g/mol. The van der Waals surface area contributed by atoms with E-state index in [4.69, 9.17) is 4.74 Å². The Kier molecular flexibility index (Phi) is 9.68. The van der Waals surface area contributed by atoms with Crippen LogP contribution in [0.25, 0.3) is 0 Å². The van der Waals surface area contributed by atoms with E-state index in [1.807, 2.05) is 44.2 Å². The number of amides is 2. The molecule has 1 saturated carbocycles. The van der Waals surface area contributed by atoms with Crippen LogP contribution in [0.4, 0.5) is 4.79 Å². The number of rotatable bonds is 10. The van der Waals surface area contributed by atoms with E-state index in [0.29, 0.717) is 18.8 Å². The minimum Gasteiger partial charge on any atom is -0.445 e. The molecule has 1 aliphatic rings. The molecule has 2 rings (SSSR count). The summed E-state index contributed by atoms with van der Waals surface area (Å²) in [6.45, 7) is 4.15. The molecule has 0 unspecified atom stereocenters.